The zero-order valence-corrected chi connectivity index (χ0v) is 13.6. The van der Waals surface area contributed by atoms with Crippen LogP contribution in [0.15, 0.2) is 59.9 Å². The summed E-state index contributed by atoms with van der Waals surface area (Å²) >= 11 is 0. The lowest BCUT2D eigenvalue weighted by Gasteiger charge is -2.07. The fourth-order valence-corrected chi connectivity index (χ4v) is 2.14. The molecule has 1 amide bonds. The number of aromatic nitrogens is 5. The molecule has 0 unspecified atom stereocenters. The summed E-state index contributed by atoms with van der Waals surface area (Å²) in [4.78, 5) is 27.5. The molecular formula is C17H15FN6O2. The number of carbonyl (C=O) groups excluding carboxylic acids is 1. The molecule has 2 heterocycles. The molecule has 0 saturated heterocycles. The van der Waals surface area contributed by atoms with Crippen LogP contribution in [0.4, 0.5) is 4.39 Å². The van der Waals surface area contributed by atoms with Gasteiger partial charge < -0.3 is 5.32 Å². The molecule has 0 spiro atoms. The normalized spacial score (nSPS) is 11.0. The summed E-state index contributed by atoms with van der Waals surface area (Å²) in [5.41, 5.74) is 0.421. The standard InChI is InChI=1S/C17H15FN6O2/c18-14-4-1-13(2-5-14)3-7-16(25)20-9-10-23-17(26)8-6-15(22-23)24-12-19-11-21-24/h1-8,11-12H,9-10H2,(H,20,25)/b7-3+. The van der Waals surface area contributed by atoms with Crippen molar-refractivity contribution in [3.05, 3.63) is 76.9 Å². The van der Waals surface area contributed by atoms with E-state index in [1.54, 1.807) is 18.2 Å². The lowest BCUT2D eigenvalue weighted by molar-refractivity contribution is -0.116. The molecule has 0 aliphatic rings. The van der Waals surface area contributed by atoms with Gasteiger partial charge in [0.2, 0.25) is 5.91 Å². The van der Waals surface area contributed by atoms with Gasteiger partial charge in [-0.25, -0.2) is 18.7 Å². The maximum absolute atomic E-state index is 12.8. The van der Waals surface area contributed by atoms with Gasteiger partial charge in [0.05, 0.1) is 6.54 Å². The van der Waals surface area contributed by atoms with Gasteiger partial charge in [-0.2, -0.15) is 5.10 Å². The van der Waals surface area contributed by atoms with Gasteiger partial charge in [-0.3, -0.25) is 9.59 Å². The van der Waals surface area contributed by atoms with Crippen molar-refractivity contribution in [3.63, 3.8) is 0 Å². The number of hydrogen-bond donors (Lipinski definition) is 1. The van der Waals surface area contributed by atoms with Crippen LogP contribution in [0.3, 0.4) is 0 Å². The Morgan fingerprint density at radius 3 is 2.73 bits per heavy atom. The minimum Gasteiger partial charge on any atom is -0.351 e. The molecule has 2 aromatic heterocycles. The van der Waals surface area contributed by atoms with E-state index in [-0.39, 0.29) is 30.4 Å². The molecule has 3 rings (SSSR count). The number of nitrogens with zero attached hydrogens (tertiary/aromatic N) is 5. The summed E-state index contributed by atoms with van der Waals surface area (Å²) in [5.74, 6) is -0.211. The molecule has 0 radical (unpaired) electrons. The van der Waals surface area contributed by atoms with E-state index < -0.39 is 0 Å². The Morgan fingerprint density at radius 2 is 2.00 bits per heavy atom. The molecule has 0 fully saturated rings. The van der Waals surface area contributed by atoms with Crippen molar-refractivity contribution in [1.82, 2.24) is 29.9 Å². The van der Waals surface area contributed by atoms with Crippen molar-refractivity contribution in [2.45, 2.75) is 6.54 Å². The molecule has 1 aromatic carbocycles. The maximum Gasteiger partial charge on any atom is 0.266 e. The topological polar surface area (TPSA) is 94.7 Å². The summed E-state index contributed by atoms with van der Waals surface area (Å²) in [6, 6.07) is 8.68. The second-order valence-electron chi connectivity index (χ2n) is 5.27. The molecule has 8 nitrogen and oxygen atoms in total. The third-order valence-corrected chi connectivity index (χ3v) is 3.43. The second-order valence-corrected chi connectivity index (χ2v) is 5.27. The average Bonchev–Trinajstić information content (AvgIpc) is 3.17. The Bertz CT molecular complexity index is 964. The first-order valence-corrected chi connectivity index (χ1v) is 7.76. The number of amides is 1. The minimum atomic E-state index is -0.335. The molecule has 0 atom stereocenters. The zero-order chi connectivity index (χ0) is 18.4. The Labute approximate surface area is 147 Å². The molecule has 9 heteroatoms. The van der Waals surface area contributed by atoms with Crippen LogP contribution in [-0.2, 0) is 11.3 Å². The van der Waals surface area contributed by atoms with E-state index in [4.69, 9.17) is 0 Å². The van der Waals surface area contributed by atoms with Crippen LogP contribution in [0, 0.1) is 5.82 Å². The smallest absolute Gasteiger partial charge is 0.266 e. The first-order valence-electron chi connectivity index (χ1n) is 7.76. The van der Waals surface area contributed by atoms with E-state index in [1.165, 1.54) is 52.4 Å². The molecule has 1 N–H and O–H groups in total. The van der Waals surface area contributed by atoms with Gasteiger partial charge in [0.1, 0.15) is 18.5 Å². The highest BCUT2D eigenvalue weighted by Gasteiger charge is 2.04. The Hall–Kier alpha value is -3.62. The number of rotatable bonds is 6. The molecule has 0 aliphatic heterocycles. The summed E-state index contributed by atoms with van der Waals surface area (Å²) in [5, 5.41) is 10.8. The average molecular weight is 354 g/mol. The van der Waals surface area contributed by atoms with Gasteiger partial charge in [0, 0.05) is 18.7 Å². The van der Waals surface area contributed by atoms with Crippen molar-refractivity contribution >= 4 is 12.0 Å². The molecular weight excluding hydrogens is 339 g/mol. The SMILES string of the molecule is O=C(/C=C/c1ccc(F)cc1)NCCn1nc(-n2cncn2)ccc1=O. The van der Waals surface area contributed by atoms with Gasteiger partial charge in [-0.05, 0) is 29.8 Å². The first kappa shape index (κ1) is 17.2. The van der Waals surface area contributed by atoms with Gasteiger partial charge >= 0.3 is 0 Å². The number of carbonyl (C=O) groups is 1. The highest BCUT2D eigenvalue weighted by molar-refractivity contribution is 5.91. The van der Waals surface area contributed by atoms with Crippen molar-refractivity contribution < 1.29 is 9.18 Å². The minimum absolute atomic E-state index is 0.206. The molecule has 0 aliphatic carbocycles. The fraction of sp³-hybridized carbons (Fsp3) is 0.118. The first-order chi connectivity index (χ1) is 12.6. The zero-order valence-electron chi connectivity index (χ0n) is 13.6. The predicted octanol–water partition coefficient (Wildman–Crippen LogP) is 0.793. The molecule has 0 bridgehead atoms. The third kappa shape index (κ3) is 4.47. The van der Waals surface area contributed by atoms with E-state index in [1.807, 2.05) is 0 Å². The van der Waals surface area contributed by atoms with Crippen LogP contribution in [0.25, 0.3) is 11.9 Å². The van der Waals surface area contributed by atoms with E-state index in [2.05, 4.69) is 20.5 Å². The maximum atomic E-state index is 12.8. The number of nitrogens with one attached hydrogen (secondary N) is 1. The summed E-state index contributed by atoms with van der Waals surface area (Å²) < 4.78 is 15.5. The van der Waals surface area contributed by atoms with E-state index in [0.29, 0.717) is 11.4 Å². The number of halogens is 1. The van der Waals surface area contributed by atoms with Crippen molar-refractivity contribution in [1.29, 1.82) is 0 Å². The van der Waals surface area contributed by atoms with Crippen LogP contribution in [0.5, 0.6) is 0 Å². The molecule has 3 aromatic rings. The van der Waals surface area contributed by atoms with Crippen LogP contribution < -0.4 is 10.9 Å². The largest absolute Gasteiger partial charge is 0.351 e. The number of hydrogen-bond acceptors (Lipinski definition) is 5. The van der Waals surface area contributed by atoms with E-state index >= 15 is 0 Å². The van der Waals surface area contributed by atoms with E-state index in [0.717, 1.165) is 0 Å². The Morgan fingerprint density at radius 1 is 1.19 bits per heavy atom. The number of benzene rings is 1. The van der Waals surface area contributed by atoms with Crippen molar-refractivity contribution in [3.8, 4) is 5.82 Å². The van der Waals surface area contributed by atoms with E-state index in [9.17, 15) is 14.0 Å². The molecule has 0 saturated carbocycles. The van der Waals surface area contributed by atoms with Crippen molar-refractivity contribution in [2.24, 2.45) is 0 Å². The highest BCUT2D eigenvalue weighted by atomic mass is 19.1. The summed E-state index contributed by atoms with van der Waals surface area (Å²) in [6.45, 7) is 0.428. The lowest BCUT2D eigenvalue weighted by atomic mass is 10.2. The van der Waals surface area contributed by atoms with Crippen molar-refractivity contribution in [2.75, 3.05) is 6.54 Å². The monoisotopic (exact) mass is 354 g/mol. The third-order valence-electron chi connectivity index (χ3n) is 3.43. The highest BCUT2D eigenvalue weighted by Crippen LogP contribution is 2.04. The van der Waals surface area contributed by atoms with Crippen LogP contribution in [-0.4, -0.2) is 37.0 Å². The molecule has 26 heavy (non-hydrogen) atoms. The lowest BCUT2D eigenvalue weighted by Crippen LogP contribution is -2.31. The van der Waals surface area contributed by atoms with Gasteiger partial charge in [0.15, 0.2) is 5.82 Å². The Balaban J connectivity index is 1.56. The molecule has 132 valence electrons. The van der Waals surface area contributed by atoms with Gasteiger partial charge in [-0.1, -0.05) is 12.1 Å². The Kier molecular flexibility index (Phi) is 5.28. The van der Waals surface area contributed by atoms with Gasteiger partial charge in [-0.15, -0.1) is 5.10 Å². The predicted molar refractivity (Wildman–Crippen MR) is 91.9 cm³/mol. The van der Waals surface area contributed by atoms with Crippen LogP contribution >= 0.6 is 0 Å². The quantitative estimate of drug-likeness (QED) is 0.661. The summed E-state index contributed by atoms with van der Waals surface area (Å²) in [7, 11) is 0. The van der Waals surface area contributed by atoms with Crippen LogP contribution in [0.1, 0.15) is 5.56 Å². The second kappa shape index (κ2) is 7.97. The van der Waals surface area contributed by atoms with Crippen LogP contribution in [0.2, 0.25) is 0 Å². The fourth-order valence-electron chi connectivity index (χ4n) is 2.14. The van der Waals surface area contributed by atoms with Gasteiger partial charge in [0.25, 0.3) is 5.56 Å². The summed E-state index contributed by atoms with van der Waals surface area (Å²) in [6.07, 6.45) is 5.75.